The van der Waals surface area contributed by atoms with Crippen LogP contribution >= 0.6 is 0 Å². The van der Waals surface area contributed by atoms with Gasteiger partial charge in [0.15, 0.2) is 0 Å². The Kier molecular flexibility index (Phi) is 7.86. The van der Waals surface area contributed by atoms with E-state index in [1.807, 2.05) is 27.7 Å². The van der Waals surface area contributed by atoms with Crippen molar-refractivity contribution in [1.29, 1.82) is 0 Å². The molecular formula is C24H28O8. The van der Waals surface area contributed by atoms with Gasteiger partial charge >= 0.3 is 18.3 Å². The van der Waals surface area contributed by atoms with Gasteiger partial charge in [-0.1, -0.05) is 31.2 Å². The Morgan fingerprint density at radius 3 is 1.50 bits per heavy atom. The van der Waals surface area contributed by atoms with Gasteiger partial charge in [0.25, 0.3) is 0 Å². The second-order valence-electron chi connectivity index (χ2n) is 8.56. The van der Waals surface area contributed by atoms with E-state index in [4.69, 9.17) is 14.9 Å². The van der Waals surface area contributed by atoms with Crippen LogP contribution in [0.25, 0.3) is 0 Å². The molecule has 2 aromatic carbocycles. The van der Waals surface area contributed by atoms with Crippen molar-refractivity contribution in [2.75, 3.05) is 0 Å². The molecule has 0 atom stereocenters. The van der Waals surface area contributed by atoms with Gasteiger partial charge in [-0.05, 0) is 69.0 Å². The predicted molar refractivity (Wildman–Crippen MR) is 116 cm³/mol. The third kappa shape index (κ3) is 7.30. The van der Waals surface area contributed by atoms with E-state index in [2.05, 4.69) is 9.47 Å². The standard InChI is InChI=1S/C24H28O8/c1-23(2,3)32-20(25)6-5-15-24(4,16-7-11-18(12-8-16)30-21(26)27)17-9-13-19(14-10-17)31-22(28)29/h7-14H,5-6,15H2,1-4H3,(H,26,27)(H,28,29). The molecule has 0 aromatic heterocycles. The van der Waals surface area contributed by atoms with E-state index in [-0.39, 0.29) is 23.9 Å². The van der Waals surface area contributed by atoms with E-state index < -0.39 is 23.3 Å². The minimum atomic E-state index is -1.40. The minimum Gasteiger partial charge on any atom is -0.460 e. The fourth-order valence-electron chi connectivity index (χ4n) is 3.42. The normalized spacial score (nSPS) is 11.5. The summed E-state index contributed by atoms with van der Waals surface area (Å²) in [5.41, 5.74) is 0.656. The van der Waals surface area contributed by atoms with E-state index in [9.17, 15) is 14.4 Å². The summed E-state index contributed by atoms with van der Waals surface area (Å²) in [4.78, 5) is 33.7. The van der Waals surface area contributed by atoms with Crippen molar-refractivity contribution in [3.05, 3.63) is 59.7 Å². The molecule has 2 N–H and O–H groups in total. The van der Waals surface area contributed by atoms with Crippen LogP contribution in [0.15, 0.2) is 48.5 Å². The molecule has 0 bridgehead atoms. The molecular weight excluding hydrogens is 416 g/mol. The van der Waals surface area contributed by atoms with Crippen LogP contribution in [0, 0.1) is 0 Å². The lowest BCUT2D eigenvalue weighted by Gasteiger charge is -2.31. The maximum Gasteiger partial charge on any atom is 0.511 e. The zero-order valence-electron chi connectivity index (χ0n) is 18.6. The maximum atomic E-state index is 12.1. The van der Waals surface area contributed by atoms with Gasteiger partial charge in [0.05, 0.1) is 0 Å². The molecule has 0 saturated heterocycles. The molecule has 32 heavy (non-hydrogen) atoms. The predicted octanol–water partition coefficient (Wildman–Crippen LogP) is 5.62. The van der Waals surface area contributed by atoms with Crippen LogP contribution in [-0.4, -0.2) is 34.1 Å². The van der Waals surface area contributed by atoms with Crippen LogP contribution in [0.1, 0.15) is 58.1 Å². The number of carbonyl (C=O) groups is 3. The van der Waals surface area contributed by atoms with E-state index in [0.29, 0.717) is 12.8 Å². The number of carboxylic acid groups (broad SMARTS) is 2. The molecule has 0 unspecified atom stereocenters. The third-order valence-electron chi connectivity index (χ3n) is 4.87. The summed E-state index contributed by atoms with van der Waals surface area (Å²) < 4.78 is 14.8. The van der Waals surface area contributed by atoms with E-state index in [1.165, 1.54) is 0 Å². The summed E-state index contributed by atoms with van der Waals surface area (Å²) in [6.07, 6.45) is -1.41. The topological polar surface area (TPSA) is 119 Å². The number of rotatable bonds is 8. The highest BCUT2D eigenvalue weighted by Gasteiger charge is 2.29. The van der Waals surface area contributed by atoms with Crippen molar-refractivity contribution in [3.8, 4) is 11.5 Å². The number of benzene rings is 2. The molecule has 0 spiro atoms. The number of hydrogen-bond donors (Lipinski definition) is 2. The average Bonchev–Trinajstić information content (AvgIpc) is 2.66. The highest BCUT2D eigenvalue weighted by atomic mass is 16.7. The Morgan fingerprint density at radius 1 is 0.750 bits per heavy atom. The van der Waals surface area contributed by atoms with Gasteiger partial charge in [0.2, 0.25) is 0 Å². The summed E-state index contributed by atoms with van der Waals surface area (Å²) in [5, 5.41) is 17.6. The van der Waals surface area contributed by atoms with Crippen molar-refractivity contribution in [3.63, 3.8) is 0 Å². The molecule has 0 radical (unpaired) electrons. The number of esters is 1. The largest absolute Gasteiger partial charge is 0.511 e. The highest BCUT2D eigenvalue weighted by molar-refractivity contribution is 5.69. The van der Waals surface area contributed by atoms with Crippen LogP contribution < -0.4 is 9.47 Å². The first kappa shape index (κ1) is 24.7. The summed E-state index contributed by atoms with van der Waals surface area (Å²) in [6.45, 7) is 7.45. The quantitative estimate of drug-likeness (QED) is 0.398. The molecule has 2 rings (SSSR count). The molecule has 0 aliphatic rings. The van der Waals surface area contributed by atoms with Gasteiger partial charge in [-0.25, -0.2) is 9.59 Å². The number of carbonyl (C=O) groups excluding carboxylic acids is 1. The zero-order valence-corrected chi connectivity index (χ0v) is 18.6. The molecule has 0 saturated carbocycles. The lowest BCUT2D eigenvalue weighted by Crippen LogP contribution is -2.26. The van der Waals surface area contributed by atoms with Gasteiger partial charge in [0.1, 0.15) is 17.1 Å². The Morgan fingerprint density at radius 2 is 1.16 bits per heavy atom. The lowest BCUT2D eigenvalue weighted by atomic mass is 9.72. The molecule has 0 aliphatic heterocycles. The SMILES string of the molecule is CC(C)(C)OC(=O)CCCC(C)(c1ccc(OC(=O)O)cc1)c1ccc(OC(=O)O)cc1. The molecule has 0 fully saturated rings. The fraction of sp³-hybridized carbons (Fsp3) is 0.375. The van der Waals surface area contributed by atoms with Crippen LogP contribution in [0.2, 0.25) is 0 Å². The van der Waals surface area contributed by atoms with E-state index >= 15 is 0 Å². The minimum absolute atomic E-state index is 0.197. The van der Waals surface area contributed by atoms with Crippen LogP contribution in [0.5, 0.6) is 11.5 Å². The average molecular weight is 444 g/mol. The van der Waals surface area contributed by atoms with Crippen molar-refractivity contribution < 1.29 is 38.8 Å². The molecule has 8 nitrogen and oxygen atoms in total. The molecule has 0 aliphatic carbocycles. The van der Waals surface area contributed by atoms with Crippen LogP contribution in [0.4, 0.5) is 9.59 Å². The lowest BCUT2D eigenvalue weighted by molar-refractivity contribution is -0.154. The molecule has 2 aromatic rings. The number of hydrogen-bond acceptors (Lipinski definition) is 6. The monoisotopic (exact) mass is 444 g/mol. The molecule has 0 heterocycles. The molecule has 0 amide bonds. The van der Waals surface area contributed by atoms with Gasteiger partial charge < -0.3 is 24.4 Å². The second-order valence-corrected chi connectivity index (χ2v) is 8.56. The third-order valence-corrected chi connectivity index (χ3v) is 4.87. The molecule has 8 heteroatoms. The fourth-order valence-corrected chi connectivity index (χ4v) is 3.42. The Balaban J connectivity index is 2.28. The smallest absolute Gasteiger partial charge is 0.460 e. The first-order valence-electron chi connectivity index (χ1n) is 10.1. The van der Waals surface area contributed by atoms with Crippen LogP contribution in [0.3, 0.4) is 0 Å². The Bertz CT molecular complexity index is 880. The summed E-state index contributed by atoms with van der Waals surface area (Å²) in [6, 6.07) is 13.4. The Labute approximate surface area is 186 Å². The van der Waals surface area contributed by atoms with Gasteiger partial charge in [-0.3, -0.25) is 4.79 Å². The second kappa shape index (κ2) is 10.2. The van der Waals surface area contributed by atoms with Gasteiger partial charge in [-0.15, -0.1) is 0 Å². The van der Waals surface area contributed by atoms with Crippen molar-refractivity contribution in [1.82, 2.24) is 0 Å². The highest BCUT2D eigenvalue weighted by Crippen LogP contribution is 2.38. The summed E-state index contributed by atoms with van der Waals surface area (Å²) in [5.74, 6) is 0.111. The van der Waals surface area contributed by atoms with E-state index in [1.54, 1.807) is 48.5 Å². The first-order chi connectivity index (χ1) is 14.9. The van der Waals surface area contributed by atoms with Gasteiger partial charge in [-0.2, -0.15) is 0 Å². The molecule has 172 valence electrons. The van der Waals surface area contributed by atoms with Crippen molar-refractivity contribution in [2.45, 2.75) is 58.0 Å². The van der Waals surface area contributed by atoms with Crippen LogP contribution in [-0.2, 0) is 14.9 Å². The first-order valence-corrected chi connectivity index (χ1v) is 10.1. The maximum absolute atomic E-state index is 12.1. The Hall–Kier alpha value is -3.55. The number of ether oxygens (including phenoxy) is 3. The summed E-state index contributed by atoms with van der Waals surface area (Å²) in [7, 11) is 0. The van der Waals surface area contributed by atoms with Crippen molar-refractivity contribution >= 4 is 18.3 Å². The van der Waals surface area contributed by atoms with E-state index in [0.717, 1.165) is 11.1 Å². The van der Waals surface area contributed by atoms with Crippen molar-refractivity contribution in [2.24, 2.45) is 0 Å². The zero-order chi connectivity index (χ0) is 23.9. The van der Waals surface area contributed by atoms with Gasteiger partial charge in [0, 0.05) is 11.8 Å². The summed E-state index contributed by atoms with van der Waals surface area (Å²) >= 11 is 0.